The largest absolute Gasteiger partial charge is 0.497 e. The molecule has 6 nitrogen and oxygen atoms in total. The molecule has 2 aromatic rings. The van der Waals surface area contributed by atoms with E-state index in [-0.39, 0.29) is 24.6 Å². The van der Waals surface area contributed by atoms with Gasteiger partial charge in [0.25, 0.3) is 0 Å². The Balaban J connectivity index is 1.66. The number of hydrazine groups is 1. The van der Waals surface area contributed by atoms with Crippen LogP contribution in [0, 0.1) is 5.82 Å². The van der Waals surface area contributed by atoms with E-state index >= 15 is 0 Å². The number of hydrogen-bond acceptors (Lipinski definition) is 4. The van der Waals surface area contributed by atoms with Crippen molar-refractivity contribution in [2.45, 2.75) is 6.42 Å². The molecule has 3 rings (SSSR count). The summed E-state index contributed by atoms with van der Waals surface area (Å²) in [7, 11) is 1.58. The van der Waals surface area contributed by atoms with Crippen LogP contribution in [0.4, 0.5) is 10.1 Å². The van der Waals surface area contributed by atoms with Gasteiger partial charge in [-0.25, -0.2) is 9.40 Å². The van der Waals surface area contributed by atoms with Crippen LogP contribution in [0.5, 0.6) is 5.75 Å². The lowest BCUT2D eigenvalue weighted by molar-refractivity contribution is -0.136. The van der Waals surface area contributed by atoms with Crippen molar-refractivity contribution in [3.63, 3.8) is 0 Å². The van der Waals surface area contributed by atoms with E-state index in [0.29, 0.717) is 10.2 Å². The van der Waals surface area contributed by atoms with Crippen molar-refractivity contribution in [3.8, 4) is 5.75 Å². The first kappa shape index (κ1) is 18.9. The highest BCUT2D eigenvalue weighted by molar-refractivity contribution is 9.10. The number of carbonyl (C=O) groups excluding carboxylic acids is 2. The first-order valence-corrected chi connectivity index (χ1v) is 8.92. The van der Waals surface area contributed by atoms with Gasteiger partial charge in [-0.05, 0) is 54.1 Å². The van der Waals surface area contributed by atoms with E-state index in [1.807, 2.05) is 24.3 Å². The Labute approximate surface area is 164 Å². The first-order chi connectivity index (χ1) is 13.0. The normalized spacial score (nSPS) is 13.7. The molecule has 0 saturated carbocycles. The van der Waals surface area contributed by atoms with Gasteiger partial charge in [-0.15, -0.1) is 0 Å². The quantitative estimate of drug-likeness (QED) is 0.758. The van der Waals surface area contributed by atoms with Crippen LogP contribution in [0.2, 0.25) is 0 Å². The van der Waals surface area contributed by atoms with Crippen molar-refractivity contribution in [1.82, 2.24) is 10.4 Å². The Hall–Kier alpha value is -2.87. The molecule has 0 radical (unpaired) electrons. The molecule has 0 atom stereocenters. The smallest absolute Gasteiger partial charge is 0.246 e. The van der Waals surface area contributed by atoms with Gasteiger partial charge in [0.05, 0.1) is 18.5 Å². The lowest BCUT2D eigenvalue weighted by atomic mass is 10.1. The maximum Gasteiger partial charge on any atom is 0.246 e. The van der Waals surface area contributed by atoms with Crippen LogP contribution in [0.3, 0.4) is 0 Å². The number of amides is 2. The molecule has 0 fully saturated rings. The molecule has 0 bridgehead atoms. The van der Waals surface area contributed by atoms with Gasteiger partial charge in [0.2, 0.25) is 11.8 Å². The van der Waals surface area contributed by atoms with Crippen molar-refractivity contribution in [2.24, 2.45) is 0 Å². The second kappa shape index (κ2) is 8.22. The van der Waals surface area contributed by atoms with E-state index in [1.54, 1.807) is 19.3 Å². The van der Waals surface area contributed by atoms with E-state index in [0.717, 1.165) is 11.3 Å². The molecule has 2 N–H and O–H groups in total. The molecule has 1 aliphatic rings. The van der Waals surface area contributed by atoms with Gasteiger partial charge in [0.1, 0.15) is 18.1 Å². The van der Waals surface area contributed by atoms with Crippen LogP contribution in [-0.2, 0) is 9.59 Å². The third-order valence-electron chi connectivity index (χ3n) is 3.95. The molecule has 8 heteroatoms. The minimum absolute atomic E-state index is 0.0542. The molecule has 1 heterocycles. The monoisotopic (exact) mass is 433 g/mol. The van der Waals surface area contributed by atoms with Gasteiger partial charge in [-0.2, -0.15) is 0 Å². The molecule has 2 amide bonds. The molecule has 0 unspecified atom stereocenters. The summed E-state index contributed by atoms with van der Waals surface area (Å²) in [6.45, 7) is -0.248. The van der Waals surface area contributed by atoms with Gasteiger partial charge in [-0.3, -0.25) is 15.0 Å². The van der Waals surface area contributed by atoms with Gasteiger partial charge >= 0.3 is 0 Å². The van der Waals surface area contributed by atoms with Gasteiger partial charge in [-0.1, -0.05) is 15.9 Å². The molecular formula is C19H17BrFN3O3. The van der Waals surface area contributed by atoms with E-state index in [1.165, 1.54) is 17.1 Å². The van der Waals surface area contributed by atoms with E-state index < -0.39 is 11.7 Å². The van der Waals surface area contributed by atoms with Crippen LogP contribution in [0.15, 0.2) is 53.0 Å². The average molecular weight is 434 g/mol. The molecule has 2 aromatic carbocycles. The van der Waals surface area contributed by atoms with Crippen LogP contribution in [-0.4, -0.2) is 30.5 Å². The summed E-state index contributed by atoms with van der Waals surface area (Å²) < 4.78 is 19.6. The van der Waals surface area contributed by atoms with Crippen molar-refractivity contribution in [1.29, 1.82) is 0 Å². The number of methoxy groups -OCH3 is 1. The summed E-state index contributed by atoms with van der Waals surface area (Å²) in [4.78, 5) is 24.3. The molecule has 0 aromatic heterocycles. The highest BCUT2D eigenvalue weighted by atomic mass is 79.9. The topological polar surface area (TPSA) is 70.7 Å². The fraction of sp³-hybridized carbons (Fsp3) is 0.158. The summed E-state index contributed by atoms with van der Waals surface area (Å²) in [6.07, 6.45) is 1.92. The number of nitrogens with one attached hydrogen (secondary N) is 2. The van der Waals surface area contributed by atoms with Crippen LogP contribution in [0.25, 0.3) is 5.70 Å². The minimum atomic E-state index is -0.561. The predicted octanol–water partition coefficient (Wildman–Crippen LogP) is 3.31. The SMILES string of the molecule is COc1ccc(C2=CCC(=O)N(CC(=O)Nc3ccc(Br)cc3F)N2)cc1. The highest BCUT2D eigenvalue weighted by Gasteiger charge is 2.22. The lowest BCUT2D eigenvalue weighted by Gasteiger charge is -2.29. The Morgan fingerprint density at radius 2 is 2.04 bits per heavy atom. The predicted molar refractivity (Wildman–Crippen MR) is 103 cm³/mol. The maximum atomic E-state index is 13.9. The summed E-state index contributed by atoms with van der Waals surface area (Å²) in [5, 5.41) is 3.68. The van der Waals surface area contributed by atoms with Crippen LogP contribution >= 0.6 is 15.9 Å². The number of halogens is 2. The number of nitrogens with zero attached hydrogens (tertiary/aromatic N) is 1. The second-order valence-electron chi connectivity index (χ2n) is 5.81. The second-order valence-corrected chi connectivity index (χ2v) is 6.73. The van der Waals surface area contributed by atoms with Gasteiger partial charge in [0.15, 0.2) is 0 Å². The summed E-state index contributed by atoms with van der Waals surface area (Å²) >= 11 is 3.16. The molecule has 1 aliphatic heterocycles. The number of benzene rings is 2. The zero-order valence-corrected chi connectivity index (χ0v) is 16.0. The first-order valence-electron chi connectivity index (χ1n) is 8.13. The third-order valence-corrected chi connectivity index (χ3v) is 4.44. The van der Waals surface area contributed by atoms with E-state index in [4.69, 9.17) is 4.74 Å². The Kier molecular flexibility index (Phi) is 5.75. The van der Waals surface area contributed by atoms with Crippen molar-refractivity contribution < 1.29 is 18.7 Å². The minimum Gasteiger partial charge on any atom is -0.497 e. The van der Waals surface area contributed by atoms with Gasteiger partial charge < -0.3 is 10.1 Å². The van der Waals surface area contributed by atoms with Crippen molar-refractivity contribution in [3.05, 3.63) is 64.4 Å². The number of ether oxygens (including phenoxy) is 1. The fourth-order valence-electron chi connectivity index (χ4n) is 2.56. The standard InChI is InChI=1S/C19H17BrFN3O3/c1-27-14-5-2-12(3-6-14)16-8-9-19(26)24(23-16)11-18(25)22-17-7-4-13(20)10-15(17)21/h2-8,10,23H,9,11H2,1H3,(H,22,25). The maximum absolute atomic E-state index is 13.9. The number of rotatable bonds is 5. The summed E-state index contributed by atoms with van der Waals surface area (Å²) in [5.74, 6) is -0.597. The number of anilines is 1. The molecule has 27 heavy (non-hydrogen) atoms. The highest BCUT2D eigenvalue weighted by Crippen LogP contribution is 2.21. The van der Waals surface area contributed by atoms with E-state index in [9.17, 15) is 14.0 Å². The van der Waals surface area contributed by atoms with Crippen molar-refractivity contribution >= 4 is 39.1 Å². The molecular weight excluding hydrogens is 417 g/mol. The molecule has 0 aliphatic carbocycles. The van der Waals surface area contributed by atoms with Crippen LogP contribution in [0.1, 0.15) is 12.0 Å². The summed E-state index contributed by atoms with van der Waals surface area (Å²) in [5.41, 5.74) is 4.56. The van der Waals surface area contributed by atoms with Gasteiger partial charge in [0, 0.05) is 10.9 Å². The van der Waals surface area contributed by atoms with E-state index in [2.05, 4.69) is 26.7 Å². The van der Waals surface area contributed by atoms with Crippen LogP contribution < -0.4 is 15.5 Å². The average Bonchev–Trinajstić information content (AvgIpc) is 2.66. The summed E-state index contributed by atoms with van der Waals surface area (Å²) in [6, 6.07) is 11.6. The zero-order valence-electron chi connectivity index (χ0n) is 14.5. The number of carbonyl (C=O) groups is 2. The Morgan fingerprint density at radius 3 is 2.70 bits per heavy atom. The molecule has 0 saturated heterocycles. The molecule has 140 valence electrons. The number of hydrogen-bond donors (Lipinski definition) is 2. The fourth-order valence-corrected chi connectivity index (χ4v) is 2.89. The zero-order chi connectivity index (χ0) is 19.4. The molecule has 0 spiro atoms. The van der Waals surface area contributed by atoms with Crippen molar-refractivity contribution in [2.75, 3.05) is 19.0 Å². The Bertz CT molecular complexity index is 900. The Morgan fingerprint density at radius 1 is 1.30 bits per heavy atom. The lowest BCUT2D eigenvalue weighted by Crippen LogP contribution is -2.48. The third kappa shape index (κ3) is 4.65.